The normalized spacial score (nSPS) is 12.2. The van der Waals surface area contributed by atoms with Crippen molar-refractivity contribution in [1.82, 2.24) is 15.1 Å². The third kappa shape index (κ3) is 3.18. The number of halogens is 1. The molecule has 3 heterocycles. The highest BCUT2D eigenvalue weighted by Crippen LogP contribution is 2.28. The van der Waals surface area contributed by atoms with Gasteiger partial charge in [0, 0.05) is 22.7 Å². The molecular formula is C18H12FN3O3S. The Balaban J connectivity index is 1.51. The molecule has 130 valence electrons. The van der Waals surface area contributed by atoms with Gasteiger partial charge in [-0.1, -0.05) is 5.16 Å². The minimum Gasteiger partial charge on any atom is -0.448 e. The van der Waals surface area contributed by atoms with Crippen LogP contribution in [0, 0.1) is 5.82 Å². The molecule has 4 aromatic rings. The van der Waals surface area contributed by atoms with Crippen molar-refractivity contribution in [3.05, 3.63) is 65.4 Å². The summed E-state index contributed by atoms with van der Waals surface area (Å²) < 4.78 is 24.7. The zero-order valence-corrected chi connectivity index (χ0v) is 14.4. The lowest BCUT2D eigenvalue weighted by Crippen LogP contribution is -2.08. The molecule has 6 nitrogen and oxygen atoms in total. The standard InChI is InChI=1S/C18H12FN3O3S/c1-10(17-21-16(22-25-17)11-3-2-6-20-9-11)24-18(23)15-8-12-7-13(19)4-5-14(12)26-15/h2-10H,1H3. The minimum absolute atomic E-state index is 0.185. The van der Waals surface area contributed by atoms with E-state index in [0.717, 1.165) is 4.70 Å². The number of rotatable bonds is 4. The summed E-state index contributed by atoms with van der Waals surface area (Å²) >= 11 is 1.24. The van der Waals surface area contributed by atoms with Gasteiger partial charge in [0.05, 0.1) is 0 Å². The largest absolute Gasteiger partial charge is 0.448 e. The van der Waals surface area contributed by atoms with Gasteiger partial charge in [0.15, 0.2) is 6.10 Å². The maximum absolute atomic E-state index is 13.3. The van der Waals surface area contributed by atoms with Crippen molar-refractivity contribution >= 4 is 27.4 Å². The molecule has 26 heavy (non-hydrogen) atoms. The zero-order valence-electron chi connectivity index (χ0n) is 13.5. The summed E-state index contributed by atoms with van der Waals surface area (Å²) in [6.07, 6.45) is 2.54. The van der Waals surface area contributed by atoms with E-state index >= 15 is 0 Å². The van der Waals surface area contributed by atoms with Crippen LogP contribution in [0.3, 0.4) is 0 Å². The van der Waals surface area contributed by atoms with Crippen LogP contribution in [0.25, 0.3) is 21.5 Å². The lowest BCUT2D eigenvalue weighted by molar-refractivity contribution is 0.0271. The Morgan fingerprint density at radius 3 is 3.00 bits per heavy atom. The molecule has 0 aliphatic rings. The number of hydrogen-bond donors (Lipinski definition) is 0. The molecule has 0 saturated heterocycles. The van der Waals surface area contributed by atoms with E-state index in [4.69, 9.17) is 9.26 Å². The summed E-state index contributed by atoms with van der Waals surface area (Å²) in [4.78, 5) is 21.0. The number of benzene rings is 1. The van der Waals surface area contributed by atoms with Gasteiger partial charge in [0.1, 0.15) is 10.7 Å². The summed E-state index contributed by atoms with van der Waals surface area (Å²) in [5.74, 6) is -0.324. The molecule has 8 heteroatoms. The van der Waals surface area contributed by atoms with E-state index in [1.165, 1.54) is 23.5 Å². The van der Waals surface area contributed by atoms with Crippen LogP contribution in [-0.4, -0.2) is 21.1 Å². The van der Waals surface area contributed by atoms with Crippen molar-refractivity contribution in [3.63, 3.8) is 0 Å². The van der Waals surface area contributed by atoms with E-state index in [2.05, 4.69) is 15.1 Å². The molecule has 1 unspecified atom stereocenters. The molecule has 1 atom stereocenters. The number of carbonyl (C=O) groups excluding carboxylic acids is 1. The van der Waals surface area contributed by atoms with E-state index in [1.54, 1.807) is 43.6 Å². The number of fused-ring (bicyclic) bond motifs is 1. The van der Waals surface area contributed by atoms with Gasteiger partial charge in [-0.05, 0) is 48.7 Å². The van der Waals surface area contributed by atoms with Gasteiger partial charge in [-0.25, -0.2) is 9.18 Å². The first-order valence-corrected chi connectivity index (χ1v) is 8.56. The predicted octanol–water partition coefficient (Wildman–Crippen LogP) is 4.40. The molecule has 4 rings (SSSR count). The van der Waals surface area contributed by atoms with Gasteiger partial charge in [-0.3, -0.25) is 4.98 Å². The van der Waals surface area contributed by atoms with Crippen LogP contribution in [0.1, 0.15) is 28.6 Å². The summed E-state index contributed by atoms with van der Waals surface area (Å²) in [6.45, 7) is 1.64. The first-order valence-electron chi connectivity index (χ1n) is 7.74. The van der Waals surface area contributed by atoms with E-state index in [0.29, 0.717) is 21.7 Å². The molecule has 0 aliphatic heterocycles. The quantitative estimate of drug-likeness (QED) is 0.496. The van der Waals surface area contributed by atoms with Gasteiger partial charge >= 0.3 is 5.97 Å². The third-order valence-corrected chi connectivity index (χ3v) is 4.77. The second kappa shape index (κ2) is 6.64. The van der Waals surface area contributed by atoms with Crippen molar-refractivity contribution < 1.29 is 18.4 Å². The Labute approximate surface area is 151 Å². The van der Waals surface area contributed by atoms with Crippen LogP contribution in [0.2, 0.25) is 0 Å². The van der Waals surface area contributed by atoms with Gasteiger partial charge in [0.25, 0.3) is 5.89 Å². The van der Waals surface area contributed by atoms with Gasteiger partial charge in [0.2, 0.25) is 5.82 Å². The van der Waals surface area contributed by atoms with E-state index in [1.807, 2.05) is 0 Å². The summed E-state index contributed by atoms with van der Waals surface area (Å²) in [5, 5.41) is 4.53. The number of esters is 1. The topological polar surface area (TPSA) is 78.1 Å². The third-order valence-electron chi connectivity index (χ3n) is 3.67. The number of hydrogen-bond acceptors (Lipinski definition) is 7. The fourth-order valence-electron chi connectivity index (χ4n) is 2.40. The van der Waals surface area contributed by atoms with E-state index < -0.39 is 12.1 Å². The molecule has 1 aromatic carbocycles. The lowest BCUT2D eigenvalue weighted by atomic mass is 10.2. The fourth-order valence-corrected chi connectivity index (χ4v) is 3.32. The van der Waals surface area contributed by atoms with Crippen molar-refractivity contribution in [2.24, 2.45) is 0 Å². The van der Waals surface area contributed by atoms with Crippen molar-refractivity contribution in [3.8, 4) is 11.4 Å². The molecule has 0 fully saturated rings. The molecule has 0 amide bonds. The molecule has 0 N–H and O–H groups in total. The van der Waals surface area contributed by atoms with E-state index in [-0.39, 0.29) is 11.7 Å². The molecule has 3 aromatic heterocycles. The number of pyridine rings is 1. The second-order valence-corrected chi connectivity index (χ2v) is 6.62. The fraction of sp³-hybridized carbons (Fsp3) is 0.111. The molecular weight excluding hydrogens is 357 g/mol. The summed E-state index contributed by atoms with van der Waals surface area (Å²) in [7, 11) is 0. The van der Waals surface area contributed by atoms with Gasteiger partial charge in [-0.2, -0.15) is 4.98 Å². The Bertz CT molecular complexity index is 1080. The van der Waals surface area contributed by atoms with Crippen LogP contribution >= 0.6 is 11.3 Å². The highest BCUT2D eigenvalue weighted by Gasteiger charge is 2.21. The van der Waals surface area contributed by atoms with Crippen molar-refractivity contribution in [2.45, 2.75) is 13.0 Å². The van der Waals surface area contributed by atoms with Crippen LogP contribution in [-0.2, 0) is 4.74 Å². The predicted molar refractivity (Wildman–Crippen MR) is 93.1 cm³/mol. The van der Waals surface area contributed by atoms with Crippen LogP contribution in [0.4, 0.5) is 4.39 Å². The van der Waals surface area contributed by atoms with E-state index in [9.17, 15) is 9.18 Å². The van der Waals surface area contributed by atoms with Gasteiger partial charge in [-0.15, -0.1) is 11.3 Å². The van der Waals surface area contributed by atoms with Crippen molar-refractivity contribution in [1.29, 1.82) is 0 Å². The van der Waals surface area contributed by atoms with Crippen LogP contribution in [0.5, 0.6) is 0 Å². The average Bonchev–Trinajstić information content (AvgIpc) is 3.29. The highest BCUT2D eigenvalue weighted by molar-refractivity contribution is 7.20. The SMILES string of the molecule is CC(OC(=O)c1cc2cc(F)ccc2s1)c1nc(-c2cccnc2)no1. The minimum atomic E-state index is -0.720. The smallest absolute Gasteiger partial charge is 0.349 e. The first kappa shape index (κ1) is 16.3. The molecule has 0 spiro atoms. The average molecular weight is 369 g/mol. The first-order chi connectivity index (χ1) is 12.6. The highest BCUT2D eigenvalue weighted by atomic mass is 32.1. The number of aromatic nitrogens is 3. The maximum atomic E-state index is 13.3. The maximum Gasteiger partial charge on any atom is 0.349 e. The number of thiophene rings is 1. The van der Waals surface area contributed by atoms with Crippen molar-refractivity contribution in [2.75, 3.05) is 0 Å². The summed E-state index contributed by atoms with van der Waals surface area (Å²) in [6, 6.07) is 9.54. The molecule has 0 saturated carbocycles. The second-order valence-electron chi connectivity index (χ2n) is 5.54. The number of nitrogens with zero attached hydrogens (tertiary/aromatic N) is 3. The van der Waals surface area contributed by atoms with Crippen LogP contribution < -0.4 is 0 Å². The number of ether oxygens (including phenoxy) is 1. The zero-order chi connectivity index (χ0) is 18.1. The number of carbonyl (C=O) groups is 1. The van der Waals surface area contributed by atoms with Crippen LogP contribution in [0.15, 0.2) is 53.3 Å². The molecule has 0 aliphatic carbocycles. The Morgan fingerprint density at radius 2 is 2.19 bits per heavy atom. The Hall–Kier alpha value is -3.13. The Morgan fingerprint density at radius 1 is 1.31 bits per heavy atom. The monoisotopic (exact) mass is 369 g/mol. The van der Waals surface area contributed by atoms with Gasteiger partial charge < -0.3 is 9.26 Å². The Kier molecular flexibility index (Phi) is 4.18. The molecule has 0 radical (unpaired) electrons. The summed E-state index contributed by atoms with van der Waals surface area (Å²) in [5.41, 5.74) is 0.701. The lowest BCUT2D eigenvalue weighted by Gasteiger charge is -2.07. The molecule has 0 bridgehead atoms.